The van der Waals surface area contributed by atoms with E-state index in [1.807, 2.05) is 25.9 Å². The van der Waals surface area contributed by atoms with Gasteiger partial charge in [-0.3, -0.25) is 0 Å². The Morgan fingerprint density at radius 2 is 2.00 bits per heavy atom. The van der Waals surface area contributed by atoms with E-state index in [9.17, 15) is 0 Å². The molecule has 2 nitrogen and oxygen atoms in total. The predicted molar refractivity (Wildman–Crippen MR) is 29.7 cm³/mol. The van der Waals surface area contributed by atoms with Crippen LogP contribution in [0.3, 0.4) is 0 Å². The van der Waals surface area contributed by atoms with E-state index in [4.69, 9.17) is 5.11 Å². The molecule has 0 fully saturated rings. The Balaban J connectivity index is 3.14. The molecule has 7 heavy (non-hydrogen) atoms. The van der Waals surface area contributed by atoms with Crippen LogP contribution in [0.2, 0.25) is 0 Å². The fourth-order valence-electron chi connectivity index (χ4n) is 0.141. The minimum atomic E-state index is 0.160. The zero-order valence-electron chi connectivity index (χ0n) is 5.10. The number of rotatable bonds is 2. The van der Waals surface area contributed by atoms with Gasteiger partial charge in [0.05, 0.1) is 12.6 Å². The molecule has 0 aliphatic heterocycles. The molecule has 0 aliphatic rings. The maximum atomic E-state index is 8.43. The molecule has 0 rings (SSSR count). The highest BCUT2D eigenvalue weighted by atomic mass is 16.3. The smallest absolute Gasteiger partial charge is 0.0631 e. The number of hydrogen-bond acceptors (Lipinski definition) is 2. The fourth-order valence-corrected chi connectivity index (χ4v) is 0.141. The molecule has 0 saturated carbocycles. The second-order valence-corrected chi connectivity index (χ2v) is 1.79. The highest BCUT2D eigenvalue weighted by molar-refractivity contribution is 4.77. The lowest BCUT2D eigenvalue weighted by atomic mass is 10.3. The van der Waals surface area contributed by atoms with E-state index in [-0.39, 0.29) is 6.61 Å². The van der Waals surface area contributed by atoms with Crippen molar-refractivity contribution in [1.82, 2.24) is 4.90 Å². The van der Waals surface area contributed by atoms with Gasteiger partial charge in [-0.15, -0.1) is 0 Å². The normalized spacial score (nSPS) is 11.1. The molecule has 0 atom stereocenters. The quantitative estimate of drug-likeness (QED) is 0.534. The summed E-state index contributed by atoms with van der Waals surface area (Å²) in [7, 11) is 3.82. The van der Waals surface area contributed by atoms with Gasteiger partial charge in [0.15, 0.2) is 0 Å². The van der Waals surface area contributed by atoms with Gasteiger partial charge in [0.25, 0.3) is 0 Å². The number of hydrogen-bond donors (Lipinski definition) is 1. The van der Waals surface area contributed by atoms with Gasteiger partial charge in [-0.2, -0.15) is 0 Å². The zero-order valence-corrected chi connectivity index (χ0v) is 5.10. The summed E-state index contributed by atoms with van der Waals surface area (Å²) in [4.78, 5) is 1.89. The average molecular weight is 102 g/mol. The molecule has 43 valence electrons. The van der Waals surface area contributed by atoms with E-state index < -0.39 is 0 Å². The maximum absolute atomic E-state index is 8.43. The van der Waals surface area contributed by atoms with Gasteiger partial charge < -0.3 is 10.0 Å². The summed E-state index contributed by atoms with van der Waals surface area (Å²) in [6, 6.07) is 0.986. The van der Waals surface area contributed by atoms with Crippen LogP contribution in [0, 0.1) is 6.04 Å². The van der Waals surface area contributed by atoms with Gasteiger partial charge in [-0.1, -0.05) is 0 Å². The summed E-state index contributed by atoms with van der Waals surface area (Å²) >= 11 is 0. The molecule has 0 aromatic carbocycles. The van der Waals surface area contributed by atoms with Crippen LogP contribution < -0.4 is 0 Å². The third kappa shape index (κ3) is 2.60. The fraction of sp³-hybridized carbons (Fsp3) is 0.800. The van der Waals surface area contributed by atoms with Crippen molar-refractivity contribution in [3.8, 4) is 0 Å². The summed E-state index contributed by atoms with van der Waals surface area (Å²) in [5, 5.41) is 8.43. The highest BCUT2D eigenvalue weighted by Gasteiger charge is 1.99. The van der Waals surface area contributed by atoms with E-state index in [0.29, 0.717) is 0 Å². The molecule has 1 N–H and O–H groups in total. The molecule has 0 aromatic heterocycles. The number of aliphatic hydroxyl groups excluding tert-OH is 1. The van der Waals surface area contributed by atoms with Crippen LogP contribution in [-0.4, -0.2) is 30.7 Å². The largest absolute Gasteiger partial charge is 0.394 e. The highest BCUT2D eigenvalue weighted by Crippen LogP contribution is 1.96. The van der Waals surface area contributed by atoms with Crippen molar-refractivity contribution in [2.45, 2.75) is 6.92 Å². The van der Waals surface area contributed by atoms with Crippen LogP contribution in [0.25, 0.3) is 0 Å². The Morgan fingerprint density at radius 1 is 1.57 bits per heavy atom. The molecule has 0 bridgehead atoms. The van der Waals surface area contributed by atoms with E-state index in [0.717, 1.165) is 6.04 Å². The number of likely N-dealkylation sites (N-methyl/N-ethyl adjacent to an activating group) is 1. The molecule has 0 unspecified atom stereocenters. The van der Waals surface area contributed by atoms with Crippen molar-refractivity contribution in [2.24, 2.45) is 0 Å². The first kappa shape index (κ1) is 6.92. The van der Waals surface area contributed by atoms with Gasteiger partial charge in [-0.05, 0) is 21.0 Å². The first-order chi connectivity index (χ1) is 3.18. The topological polar surface area (TPSA) is 23.5 Å². The van der Waals surface area contributed by atoms with Crippen LogP contribution in [0.5, 0.6) is 0 Å². The van der Waals surface area contributed by atoms with E-state index in [2.05, 4.69) is 0 Å². The van der Waals surface area contributed by atoms with Crippen molar-refractivity contribution < 1.29 is 5.11 Å². The first-order valence-electron chi connectivity index (χ1n) is 2.29. The van der Waals surface area contributed by atoms with Crippen LogP contribution in [0.4, 0.5) is 0 Å². The second kappa shape index (κ2) is 2.99. The Labute approximate surface area is 44.8 Å². The third-order valence-electron chi connectivity index (χ3n) is 0.992. The van der Waals surface area contributed by atoms with Crippen LogP contribution >= 0.6 is 0 Å². The molecule has 2 heteroatoms. The molecule has 0 amide bonds. The van der Waals surface area contributed by atoms with Gasteiger partial charge in [0, 0.05) is 0 Å². The predicted octanol–water partition coefficient (Wildman–Crippen LogP) is 0.0922. The lowest BCUT2D eigenvalue weighted by molar-refractivity contribution is 0.247. The lowest BCUT2D eigenvalue weighted by Gasteiger charge is -2.14. The van der Waals surface area contributed by atoms with Gasteiger partial charge in [0.2, 0.25) is 0 Å². The molecular weight excluding hydrogens is 90.1 g/mol. The van der Waals surface area contributed by atoms with Gasteiger partial charge >= 0.3 is 0 Å². The van der Waals surface area contributed by atoms with Crippen LogP contribution in [-0.2, 0) is 0 Å². The molecule has 0 spiro atoms. The Morgan fingerprint density at radius 3 is 2.00 bits per heavy atom. The number of aliphatic hydroxyl groups is 1. The minimum Gasteiger partial charge on any atom is -0.394 e. The van der Waals surface area contributed by atoms with Crippen molar-refractivity contribution in [3.63, 3.8) is 0 Å². The van der Waals surface area contributed by atoms with Gasteiger partial charge in [-0.25, -0.2) is 0 Å². The maximum Gasteiger partial charge on any atom is 0.0631 e. The van der Waals surface area contributed by atoms with E-state index in [1.54, 1.807) is 0 Å². The molecule has 0 saturated heterocycles. The monoisotopic (exact) mass is 102 g/mol. The third-order valence-corrected chi connectivity index (χ3v) is 0.992. The van der Waals surface area contributed by atoms with Crippen molar-refractivity contribution in [1.29, 1.82) is 0 Å². The minimum absolute atomic E-state index is 0.160. The summed E-state index contributed by atoms with van der Waals surface area (Å²) in [6.07, 6.45) is 0. The van der Waals surface area contributed by atoms with Gasteiger partial charge in [0.1, 0.15) is 0 Å². The zero-order chi connectivity index (χ0) is 5.86. The van der Waals surface area contributed by atoms with E-state index in [1.165, 1.54) is 0 Å². The first-order valence-corrected chi connectivity index (χ1v) is 2.29. The Kier molecular flexibility index (Phi) is 2.96. The summed E-state index contributed by atoms with van der Waals surface area (Å²) in [5.41, 5.74) is 0. The summed E-state index contributed by atoms with van der Waals surface area (Å²) in [6.45, 7) is 2.05. The van der Waals surface area contributed by atoms with Crippen molar-refractivity contribution in [3.05, 3.63) is 6.04 Å². The Bertz CT molecular complexity index is 45.3. The molecule has 1 radical (unpaired) electrons. The molecule has 0 heterocycles. The second-order valence-electron chi connectivity index (χ2n) is 1.79. The van der Waals surface area contributed by atoms with Crippen molar-refractivity contribution >= 4 is 0 Å². The molecular formula is C5H12NO. The SMILES string of the molecule is C[C](CO)N(C)C. The average Bonchev–Trinajstić information content (AvgIpc) is 1.65. The molecule has 0 aliphatic carbocycles. The van der Waals surface area contributed by atoms with E-state index >= 15 is 0 Å². The lowest BCUT2D eigenvalue weighted by Crippen LogP contribution is -2.19. The van der Waals surface area contributed by atoms with Crippen molar-refractivity contribution in [2.75, 3.05) is 20.7 Å². The summed E-state index contributed by atoms with van der Waals surface area (Å²) in [5.74, 6) is 0. The van der Waals surface area contributed by atoms with Crippen LogP contribution in [0.15, 0.2) is 0 Å². The standard InChI is InChI=1S/C5H12NO/c1-5(4-7)6(2)3/h7H,4H2,1-3H3. The Hall–Kier alpha value is -0.0800. The summed E-state index contributed by atoms with van der Waals surface area (Å²) < 4.78 is 0. The number of nitrogens with zero attached hydrogens (tertiary/aromatic N) is 1. The molecule has 0 aromatic rings. The van der Waals surface area contributed by atoms with Crippen LogP contribution in [0.1, 0.15) is 6.92 Å².